The van der Waals surface area contributed by atoms with Gasteiger partial charge in [-0.1, -0.05) is 48.5 Å². The molecule has 0 amide bonds. The molecule has 0 saturated carbocycles. The predicted molar refractivity (Wildman–Crippen MR) is 83.3 cm³/mol. The maximum atomic E-state index is 4.75. The van der Waals surface area contributed by atoms with Gasteiger partial charge < -0.3 is 4.90 Å². The van der Waals surface area contributed by atoms with E-state index in [0.29, 0.717) is 0 Å². The molecule has 2 aromatic carbocycles. The molecule has 3 aromatic rings. The minimum absolute atomic E-state index is 0.952. The van der Waals surface area contributed by atoms with Crippen LogP contribution in [0.1, 0.15) is 0 Å². The molecule has 0 aliphatic heterocycles. The molecule has 3 rings (SSSR count). The van der Waals surface area contributed by atoms with Crippen LogP contribution in [-0.4, -0.2) is 23.6 Å². The Morgan fingerprint density at radius 2 is 1.45 bits per heavy atom. The SMILES string of the molecule is CN(C)c1cn(-c2ccccc2)c(-c2ccccc2)n1. The van der Waals surface area contributed by atoms with Crippen molar-refractivity contribution in [1.82, 2.24) is 9.55 Å². The molecule has 0 atom stereocenters. The van der Waals surface area contributed by atoms with E-state index < -0.39 is 0 Å². The molecule has 3 heteroatoms. The third kappa shape index (κ3) is 2.30. The van der Waals surface area contributed by atoms with Crippen LogP contribution >= 0.6 is 0 Å². The molecule has 20 heavy (non-hydrogen) atoms. The Bertz CT molecular complexity index is 628. The van der Waals surface area contributed by atoms with Crippen molar-refractivity contribution in [3.05, 3.63) is 66.9 Å². The van der Waals surface area contributed by atoms with Gasteiger partial charge in [-0.05, 0) is 12.1 Å². The van der Waals surface area contributed by atoms with E-state index in [1.54, 1.807) is 0 Å². The van der Waals surface area contributed by atoms with Crippen molar-refractivity contribution < 1.29 is 0 Å². The fourth-order valence-electron chi connectivity index (χ4n) is 2.16. The van der Waals surface area contributed by atoms with E-state index in [9.17, 15) is 0 Å². The van der Waals surface area contributed by atoms with Crippen LogP contribution < -0.4 is 4.90 Å². The van der Waals surface area contributed by atoms with Gasteiger partial charge in [0, 0.05) is 25.3 Å². The van der Waals surface area contributed by atoms with Gasteiger partial charge in [0.05, 0.1) is 6.20 Å². The molecule has 0 aliphatic rings. The summed E-state index contributed by atoms with van der Waals surface area (Å²) in [5, 5.41) is 0. The van der Waals surface area contributed by atoms with E-state index in [0.717, 1.165) is 22.9 Å². The Balaban J connectivity index is 2.18. The monoisotopic (exact) mass is 263 g/mol. The standard InChI is InChI=1S/C17H17N3/c1-19(2)16-13-20(15-11-7-4-8-12-15)17(18-16)14-9-5-3-6-10-14/h3-13H,1-2H3. The smallest absolute Gasteiger partial charge is 0.147 e. The molecule has 0 spiro atoms. The fraction of sp³-hybridized carbons (Fsp3) is 0.118. The van der Waals surface area contributed by atoms with Crippen molar-refractivity contribution in [1.29, 1.82) is 0 Å². The van der Waals surface area contributed by atoms with Crippen molar-refractivity contribution in [2.45, 2.75) is 0 Å². The Morgan fingerprint density at radius 1 is 0.850 bits per heavy atom. The second kappa shape index (κ2) is 5.21. The lowest BCUT2D eigenvalue weighted by Crippen LogP contribution is -2.08. The zero-order chi connectivity index (χ0) is 13.9. The summed E-state index contributed by atoms with van der Waals surface area (Å²) in [5.74, 6) is 1.91. The number of aromatic nitrogens is 2. The number of imidazole rings is 1. The number of nitrogens with zero attached hydrogens (tertiary/aromatic N) is 3. The van der Waals surface area contributed by atoms with Gasteiger partial charge in [0.25, 0.3) is 0 Å². The third-order valence-electron chi connectivity index (χ3n) is 3.22. The van der Waals surface area contributed by atoms with Gasteiger partial charge in [0.15, 0.2) is 0 Å². The number of hydrogen-bond donors (Lipinski definition) is 0. The van der Waals surface area contributed by atoms with E-state index in [-0.39, 0.29) is 0 Å². The van der Waals surface area contributed by atoms with Crippen molar-refractivity contribution >= 4 is 5.82 Å². The van der Waals surface area contributed by atoms with E-state index in [2.05, 4.69) is 35.0 Å². The maximum absolute atomic E-state index is 4.75. The number of hydrogen-bond acceptors (Lipinski definition) is 2. The molecule has 0 aliphatic carbocycles. The van der Waals surface area contributed by atoms with E-state index in [1.165, 1.54) is 0 Å². The van der Waals surface area contributed by atoms with Crippen LogP contribution in [0.25, 0.3) is 17.1 Å². The largest absolute Gasteiger partial charge is 0.361 e. The van der Waals surface area contributed by atoms with Crippen LogP contribution in [0.2, 0.25) is 0 Å². The Kier molecular flexibility index (Phi) is 3.25. The summed E-state index contributed by atoms with van der Waals surface area (Å²) in [7, 11) is 4.01. The highest BCUT2D eigenvalue weighted by atomic mass is 15.2. The van der Waals surface area contributed by atoms with Crippen LogP contribution in [0.15, 0.2) is 66.9 Å². The summed E-state index contributed by atoms with van der Waals surface area (Å²) in [6.07, 6.45) is 2.07. The normalized spacial score (nSPS) is 10.5. The Hall–Kier alpha value is -2.55. The first-order chi connectivity index (χ1) is 9.75. The summed E-state index contributed by atoms with van der Waals surface area (Å²) >= 11 is 0. The first kappa shape index (κ1) is 12.5. The summed E-state index contributed by atoms with van der Waals surface area (Å²) in [4.78, 5) is 6.76. The summed E-state index contributed by atoms with van der Waals surface area (Å²) in [6.45, 7) is 0. The molecule has 0 saturated heterocycles. The first-order valence-corrected chi connectivity index (χ1v) is 6.63. The summed E-state index contributed by atoms with van der Waals surface area (Å²) in [6, 6.07) is 20.5. The lowest BCUT2D eigenvalue weighted by atomic mass is 10.2. The van der Waals surface area contributed by atoms with Crippen LogP contribution in [-0.2, 0) is 0 Å². The molecular weight excluding hydrogens is 246 g/mol. The first-order valence-electron chi connectivity index (χ1n) is 6.63. The molecule has 0 radical (unpaired) electrons. The lowest BCUT2D eigenvalue weighted by Gasteiger charge is -2.07. The minimum atomic E-state index is 0.952. The average molecular weight is 263 g/mol. The van der Waals surface area contributed by atoms with Crippen LogP contribution in [0.4, 0.5) is 5.82 Å². The third-order valence-corrected chi connectivity index (χ3v) is 3.22. The second-order valence-electron chi connectivity index (χ2n) is 4.89. The molecule has 1 heterocycles. The topological polar surface area (TPSA) is 21.1 Å². The van der Waals surface area contributed by atoms with Crippen molar-refractivity contribution in [2.24, 2.45) is 0 Å². The molecule has 0 unspecified atom stereocenters. The quantitative estimate of drug-likeness (QED) is 0.720. The van der Waals surface area contributed by atoms with E-state index >= 15 is 0 Å². The second-order valence-corrected chi connectivity index (χ2v) is 4.89. The van der Waals surface area contributed by atoms with E-state index in [4.69, 9.17) is 4.98 Å². The van der Waals surface area contributed by atoms with Gasteiger partial charge in [-0.2, -0.15) is 0 Å². The van der Waals surface area contributed by atoms with Gasteiger partial charge in [-0.3, -0.25) is 4.57 Å². The maximum Gasteiger partial charge on any atom is 0.147 e. The Labute approximate surface area is 119 Å². The highest BCUT2D eigenvalue weighted by Gasteiger charge is 2.12. The number of rotatable bonds is 3. The van der Waals surface area contributed by atoms with Crippen molar-refractivity contribution in [3.8, 4) is 17.1 Å². The zero-order valence-corrected chi connectivity index (χ0v) is 11.7. The van der Waals surface area contributed by atoms with E-state index in [1.807, 2.05) is 55.4 Å². The molecule has 1 aromatic heterocycles. The van der Waals surface area contributed by atoms with Gasteiger partial charge in [-0.25, -0.2) is 4.98 Å². The molecule has 0 fully saturated rings. The van der Waals surface area contributed by atoms with Crippen LogP contribution in [0.5, 0.6) is 0 Å². The molecular formula is C17H17N3. The average Bonchev–Trinajstić information content (AvgIpc) is 2.94. The highest BCUT2D eigenvalue weighted by molar-refractivity contribution is 5.62. The van der Waals surface area contributed by atoms with Crippen molar-refractivity contribution in [2.75, 3.05) is 19.0 Å². The number of para-hydroxylation sites is 1. The fourth-order valence-corrected chi connectivity index (χ4v) is 2.16. The van der Waals surface area contributed by atoms with Gasteiger partial charge in [0.2, 0.25) is 0 Å². The molecule has 0 N–H and O–H groups in total. The molecule has 100 valence electrons. The molecule has 3 nitrogen and oxygen atoms in total. The summed E-state index contributed by atoms with van der Waals surface area (Å²) < 4.78 is 2.13. The predicted octanol–water partition coefficient (Wildman–Crippen LogP) is 3.61. The summed E-state index contributed by atoms with van der Waals surface area (Å²) in [5.41, 5.74) is 2.23. The van der Waals surface area contributed by atoms with Gasteiger partial charge in [-0.15, -0.1) is 0 Å². The van der Waals surface area contributed by atoms with Crippen LogP contribution in [0.3, 0.4) is 0 Å². The lowest BCUT2D eigenvalue weighted by molar-refractivity contribution is 1.07. The van der Waals surface area contributed by atoms with Crippen molar-refractivity contribution in [3.63, 3.8) is 0 Å². The Morgan fingerprint density at radius 3 is 2.05 bits per heavy atom. The van der Waals surface area contributed by atoms with Crippen LogP contribution in [0, 0.1) is 0 Å². The van der Waals surface area contributed by atoms with Gasteiger partial charge >= 0.3 is 0 Å². The minimum Gasteiger partial charge on any atom is -0.361 e. The number of anilines is 1. The zero-order valence-electron chi connectivity index (χ0n) is 11.7. The highest BCUT2D eigenvalue weighted by Crippen LogP contribution is 2.25. The van der Waals surface area contributed by atoms with Gasteiger partial charge in [0.1, 0.15) is 11.6 Å². The number of benzene rings is 2. The molecule has 0 bridgehead atoms.